The van der Waals surface area contributed by atoms with Crippen molar-refractivity contribution in [2.75, 3.05) is 13.7 Å². The lowest BCUT2D eigenvalue weighted by molar-refractivity contribution is 0.188. The van der Waals surface area contributed by atoms with Gasteiger partial charge in [0.15, 0.2) is 0 Å². The van der Waals surface area contributed by atoms with E-state index in [0.29, 0.717) is 24.4 Å². The van der Waals surface area contributed by atoms with Crippen LogP contribution in [-0.4, -0.2) is 38.4 Å². The summed E-state index contributed by atoms with van der Waals surface area (Å²) >= 11 is 0. The van der Waals surface area contributed by atoms with Crippen LogP contribution >= 0.6 is 0 Å². The fourth-order valence-corrected chi connectivity index (χ4v) is 3.26. The van der Waals surface area contributed by atoms with E-state index in [9.17, 15) is 8.42 Å². The highest BCUT2D eigenvalue weighted by Gasteiger charge is 2.23. The molecular weight excluding hydrogens is 242 g/mol. The summed E-state index contributed by atoms with van der Waals surface area (Å²) in [5.41, 5.74) is 1.03. The van der Waals surface area contributed by atoms with Crippen LogP contribution in [0.15, 0.2) is 4.90 Å². The molecule has 0 fully saturated rings. The molecule has 1 atom stereocenters. The van der Waals surface area contributed by atoms with Crippen molar-refractivity contribution in [2.45, 2.75) is 38.1 Å². The van der Waals surface area contributed by atoms with Crippen LogP contribution in [0.25, 0.3) is 0 Å². The van der Waals surface area contributed by atoms with Gasteiger partial charge >= 0.3 is 0 Å². The lowest BCUT2D eigenvalue weighted by atomic mass is 10.3. The number of H-pyrrole nitrogens is 1. The molecule has 1 aromatic rings. The van der Waals surface area contributed by atoms with Gasteiger partial charge in [0, 0.05) is 19.8 Å². The molecule has 0 saturated carbocycles. The molecule has 0 aliphatic rings. The number of aryl methyl sites for hydroxylation is 2. The summed E-state index contributed by atoms with van der Waals surface area (Å²) in [7, 11) is -1.92. The lowest BCUT2D eigenvalue weighted by Gasteiger charge is -2.13. The van der Waals surface area contributed by atoms with Gasteiger partial charge in [0.2, 0.25) is 10.0 Å². The largest absolute Gasteiger partial charge is 0.385 e. The van der Waals surface area contributed by atoms with Crippen LogP contribution in [0.2, 0.25) is 0 Å². The average Bonchev–Trinajstić information content (AvgIpc) is 2.55. The Kier molecular flexibility index (Phi) is 4.67. The van der Waals surface area contributed by atoms with Crippen molar-refractivity contribution in [3.8, 4) is 0 Å². The molecule has 0 aromatic carbocycles. The molecule has 0 saturated heterocycles. The van der Waals surface area contributed by atoms with Crippen molar-refractivity contribution < 1.29 is 13.2 Å². The van der Waals surface area contributed by atoms with Crippen LogP contribution in [0.5, 0.6) is 0 Å². The number of ether oxygens (including phenoxy) is 1. The number of hydrogen-bond donors (Lipinski definition) is 2. The molecule has 98 valence electrons. The number of nitrogens with zero attached hydrogens (tertiary/aromatic N) is 1. The molecule has 0 spiro atoms. The van der Waals surface area contributed by atoms with Crippen LogP contribution in [0.4, 0.5) is 0 Å². The van der Waals surface area contributed by atoms with Gasteiger partial charge in [-0.05, 0) is 27.2 Å². The highest BCUT2D eigenvalue weighted by atomic mass is 32.2. The summed E-state index contributed by atoms with van der Waals surface area (Å²) in [6.45, 7) is 5.68. The first-order valence-electron chi connectivity index (χ1n) is 5.41. The Morgan fingerprint density at radius 1 is 1.47 bits per heavy atom. The second-order valence-electron chi connectivity index (χ2n) is 4.07. The zero-order valence-corrected chi connectivity index (χ0v) is 11.4. The summed E-state index contributed by atoms with van der Waals surface area (Å²) in [5.74, 6) is 0. The molecule has 2 N–H and O–H groups in total. The third kappa shape index (κ3) is 3.52. The van der Waals surface area contributed by atoms with Crippen LogP contribution in [0, 0.1) is 13.8 Å². The first kappa shape index (κ1) is 14.1. The van der Waals surface area contributed by atoms with E-state index in [1.165, 1.54) is 0 Å². The molecule has 7 heteroatoms. The van der Waals surface area contributed by atoms with Crippen LogP contribution in [0.3, 0.4) is 0 Å². The summed E-state index contributed by atoms with van der Waals surface area (Å²) in [5, 5.41) is 6.55. The quantitative estimate of drug-likeness (QED) is 0.790. The van der Waals surface area contributed by atoms with Gasteiger partial charge in [-0.15, -0.1) is 0 Å². The van der Waals surface area contributed by atoms with Crippen molar-refractivity contribution in [1.82, 2.24) is 14.9 Å². The number of nitrogens with one attached hydrogen (secondary N) is 2. The Balaban J connectivity index is 2.83. The van der Waals surface area contributed by atoms with E-state index in [4.69, 9.17) is 4.74 Å². The number of aromatic amines is 1. The highest BCUT2D eigenvalue weighted by molar-refractivity contribution is 7.89. The maximum absolute atomic E-state index is 12.1. The van der Waals surface area contributed by atoms with Gasteiger partial charge in [-0.2, -0.15) is 5.10 Å². The zero-order chi connectivity index (χ0) is 13.1. The summed E-state index contributed by atoms with van der Waals surface area (Å²) in [6, 6.07) is -0.173. The van der Waals surface area contributed by atoms with Gasteiger partial charge < -0.3 is 4.74 Å². The van der Waals surface area contributed by atoms with Crippen molar-refractivity contribution in [3.63, 3.8) is 0 Å². The van der Waals surface area contributed by atoms with E-state index in [1.54, 1.807) is 27.9 Å². The molecule has 0 bridgehead atoms. The fourth-order valence-electron chi connectivity index (χ4n) is 1.61. The average molecular weight is 261 g/mol. The number of hydrogen-bond acceptors (Lipinski definition) is 4. The number of sulfonamides is 1. The number of methoxy groups -OCH3 is 1. The molecule has 17 heavy (non-hydrogen) atoms. The van der Waals surface area contributed by atoms with E-state index in [-0.39, 0.29) is 10.9 Å². The molecule has 1 heterocycles. The summed E-state index contributed by atoms with van der Waals surface area (Å²) in [4.78, 5) is 0.238. The maximum Gasteiger partial charge on any atom is 0.244 e. The molecule has 0 amide bonds. The normalized spacial score (nSPS) is 13.9. The summed E-state index contributed by atoms with van der Waals surface area (Å²) in [6.07, 6.45) is 0.631. The third-order valence-electron chi connectivity index (χ3n) is 2.44. The smallest absolute Gasteiger partial charge is 0.244 e. The Bertz CT molecular complexity index is 448. The molecule has 0 aliphatic carbocycles. The first-order valence-corrected chi connectivity index (χ1v) is 6.89. The number of aromatic nitrogens is 2. The molecule has 0 aliphatic heterocycles. The predicted octanol–water partition coefficient (Wildman–Crippen LogP) is 0.730. The van der Waals surface area contributed by atoms with Gasteiger partial charge in [-0.1, -0.05) is 0 Å². The fraction of sp³-hybridized carbons (Fsp3) is 0.700. The molecule has 0 radical (unpaired) electrons. The van der Waals surface area contributed by atoms with Crippen LogP contribution < -0.4 is 4.72 Å². The van der Waals surface area contributed by atoms with Crippen molar-refractivity contribution >= 4 is 10.0 Å². The molecule has 6 nitrogen and oxygen atoms in total. The minimum atomic E-state index is -3.51. The zero-order valence-electron chi connectivity index (χ0n) is 10.6. The Labute approximate surface area is 102 Å². The monoisotopic (exact) mass is 261 g/mol. The number of rotatable bonds is 6. The topological polar surface area (TPSA) is 84.1 Å². The Hall–Kier alpha value is -0.920. The van der Waals surface area contributed by atoms with Gasteiger partial charge in [0.05, 0.1) is 11.4 Å². The van der Waals surface area contributed by atoms with Gasteiger partial charge in [-0.25, -0.2) is 13.1 Å². The van der Waals surface area contributed by atoms with E-state index in [2.05, 4.69) is 14.9 Å². The Morgan fingerprint density at radius 3 is 2.59 bits per heavy atom. The molecule has 1 rings (SSSR count). The van der Waals surface area contributed by atoms with Gasteiger partial charge in [0.1, 0.15) is 4.90 Å². The van der Waals surface area contributed by atoms with Crippen molar-refractivity contribution in [2.24, 2.45) is 0 Å². The molecule has 1 unspecified atom stereocenters. The van der Waals surface area contributed by atoms with E-state index >= 15 is 0 Å². The first-order chi connectivity index (χ1) is 7.88. The lowest BCUT2D eigenvalue weighted by Crippen LogP contribution is -2.33. The predicted molar refractivity (Wildman–Crippen MR) is 64.3 cm³/mol. The SMILES string of the molecule is COCCC(C)NS(=O)(=O)c1c(C)n[nH]c1C. The van der Waals surface area contributed by atoms with Crippen LogP contribution in [-0.2, 0) is 14.8 Å². The van der Waals surface area contributed by atoms with E-state index in [1.807, 2.05) is 0 Å². The standard InChI is InChI=1S/C10H19N3O3S/c1-7(5-6-16-4)13-17(14,15)10-8(2)11-12-9(10)3/h7,13H,5-6H2,1-4H3,(H,11,12). The van der Waals surface area contributed by atoms with Gasteiger partial charge in [0.25, 0.3) is 0 Å². The molecule has 1 aromatic heterocycles. The van der Waals surface area contributed by atoms with E-state index < -0.39 is 10.0 Å². The molecular formula is C10H19N3O3S. The Morgan fingerprint density at radius 2 is 2.12 bits per heavy atom. The third-order valence-corrected chi connectivity index (χ3v) is 4.29. The summed E-state index contributed by atoms with van der Waals surface area (Å²) < 4.78 is 31.7. The van der Waals surface area contributed by atoms with Gasteiger partial charge in [-0.3, -0.25) is 5.10 Å². The second kappa shape index (κ2) is 5.61. The maximum atomic E-state index is 12.1. The minimum absolute atomic E-state index is 0.173. The minimum Gasteiger partial charge on any atom is -0.385 e. The second-order valence-corrected chi connectivity index (χ2v) is 5.72. The highest BCUT2D eigenvalue weighted by Crippen LogP contribution is 2.16. The van der Waals surface area contributed by atoms with Crippen molar-refractivity contribution in [3.05, 3.63) is 11.4 Å². The van der Waals surface area contributed by atoms with Crippen LogP contribution in [0.1, 0.15) is 24.7 Å². The van der Waals surface area contributed by atoms with Crippen molar-refractivity contribution in [1.29, 1.82) is 0 Å². The van der Waals surface area contributed by atoms with E-state index in [0.717, 1.165) is 0 Å².